The highest BCUT2D eigenvalue weighted by molar-refractivity contribution is 7.89. The Morgan fingerprint density at radius 3 is 2.36 bits per heavy atom. The van der Waals surface area contributed by atoms with Gasteiger partial charge in [0.25, 0.3) is 5.91 Å². The molecule has 25 heavy (non-hydrogen) atoms. The fourth-order valence-electron chi connectivity index (χ4n) is 3.48. The molecule has 1 saturated heterocycles. The van der Waals surface area contributed by atoms with Crippen LogP contribution < -0.4 is 4.74 Å². The van der Waals surface area contributed by atoms with Crippen LogP contribution in [0.15, 0.2) is 0 Å². The molecule has 3 rings (SSSR count). The Balaban J connectivity index is 1.74. The molecule has 1 aromatic heterocycles. The van der Waals surface area contributed by atoms with Crippen molar-refractivity contribution in [3.8, 4) is 5.75 Å². The lowest BCUT2D eigenvalue weighted by Crippen LogP contribution is -2.51. The molecule has 0 bridgehead atoms. The molecular weight excluding hydrogens is 360 g/mol. The maximum absolute atomic E-state index is 13.0. The molecule has 0 N–H and O–H groups in total. The molecule has 6 nitrogen and oxygen atoms in total. The van der Waals surface area contributed by atoms with E-state index in [0.29, 0.717) is 31.1 Å². The summed E-state index contributed by atoms with van der Waals surface area (Å²) < 4.78 is 31.6. The van der Waals surface area contributed by atoms with Gasteiger partial charge in [-0.05, 0) is 39.5 Å². The lowest BCUT2D eigenvalue weighted by Gasteiger charge is -2.34. The van der Waals surface area contributed by atoms with Crippen LogP contribution in [0.5, 0.6) is 5.75 Å². The van der Waals surface area contributed by atoms with E-state index in [-0.39, 0.29) is 5.91 Å². The number of thiophene rings is 1. The van der Waals surface area contributed by atoms with Crippen molar-refractivity contribution in [2.45, 2.75) is 44.8 Å². The van der Waals surface area contributed by atoms with Gasteiger partial charge in [-0.1, -0.05) is 0 Å². The maximum Gasteiger partial charge on any atom is 0.267 e. The van der Waals surface area contributed by atoms with Crippen molar-refractivity contribution >= 4 is 27.3 Å². The molecule has 0 aromatic carbocycles. The van der Waals surface area contributed by atoms with E-state index in [0.717, 1.165) is 31.4 Å². The van der Waals surface area contributed by atoms with Gasteiger partial charge in [-0.15, -0.1) is 11.3 Å². The Kier molecular flexibility index (Phi) is 5.41. The Morgan fingerprint density at radius 2 is 1.76 bits per heavy atom. The van der Waals surface area contributed by atoms with Crippen LogP contribution >= 0.6 is 11.3 Å². The number of hydrogen-bond acceptors (Lipinski definition) is 5. The molecule has 0 spiro atoms. The second kappa shape index (κ2) is 7.25. The van der Waals surface area contributed by atoms with Gasteiger partial charge in [0.05, 0.1) is 12.4 Å². The van der Waals surface area contributed by atoms with Crippen LogP contribution in [0.25, 0.3) is 0 Å². The maximum atomic E-state index is 13.0. The van der Waals surface area contributed by atoms with Crippen molar-refractivity contribution < 1.29 is 17.9 Å². The number of sulfonamides is 1. The van der Waals surface area contributed by atoms with Gasteiger partial charge in [-0.3, -0.25) is 4.79 Å². The summed E-state index contributed by atoms with van der Waals surface area (Å²) >= 11 is 1.55. The molecular formula is C17H26N2O4S2. The smallest absolute Gasteiger partial charge is 0.267 e. The van der Waals surface area contributed by atoms with Gasteiger partial charge in [-0.25, -0.2) is 8.42 Å². The fourth-order valence-corrected chi connectivity index (χ4v) is 6.08. The zero-order valence-corrected chi connectivity index (χ0v) is 16.7. The highest BCUT2D eigenvalue weighted by Crippen LogP contribution is 2.40. The summed E-state index contributed by atoms with van der Waals surface area (Å²) in [6.45, 7) is 4.95. The van der Waals surface area contributed by atoms with E-state index in [1.165, 1.54) is 14.7 Å². The zero-order chi connectivity index (χ0) is 18.2. The van der Waals surface area contributed by atoms with Crippen molar-refractivity contribution in [2.75, 3.05) is 33.3 Å². The second-order valence-electron chi connectivity index (χ2n) is 6.86. The molecule has 1 aromatic rings. The van der Waals surface area contributed by atoms with Crippen LogP contribution in [0.3, 0.4) is 0 Å². The Hall–Kier alpha value is -1.12. The van der Waals surface area contributed by atoms with Gasteiger partial charge in [0.15, 0.2) is 0 Å². The Bertz CT molecular complexity index is 747. The van der Waals surface area contributed by atoms with Gasteiger partial charge in [0.2, 0.25) is 10.0 Å². The summed E-state index contributed by atoms with van der Waals surface area (Å²) in [5.41, 5.74) is 1.20. The standard InChI is InChI=1S/C17H26N2O4S2/c1-12(2)25(21,22)19-10-8-18(9-11-19)17(20)16-15(23-3)13-6-4-5-7-14(13)24-16/h12H,4-11H2,1-3H3. The molecule has 0 unspecified atom stereocenters. The highest BCUT2D eigenvalue weighted by atomic mass is 32.2. The molecule has 0 atom stereocenters. The minimum Gasteiger partial charge on any atom is -0.495 e. The minimum absolute atomic E-state index is 0.0298. The van der Waals surface area contributed by atoms with Crippen LogP contribution in [-0.2, 0) is 22.9 Å². The van der Waals surface area contributed by atoms with Gasteiger partial charge >= 0.3 is 0 Å². The number of carbonyl (C=O) groups excluding carboxylic acids is 1. The van der Waals surface area contributed by atoms with E-state index in [4.69, 9.17) is 4.74 Å². The highest BCUT2D eigenvalue weighted by Gasteiger charge is 2.33. The number of rotatable bonds is 4. The average Bonchev–Trinajstić information content (AvgIpc) is 2.99. The topological polar surface area (TPSA) is 66.9 Å². The number of fused-ring (bicyclic) bond motifs is 1. The quantitative estimate of drug-likeness (QED) is 0.795. The molecule has 140 valence electrons. The molecule has 1 fully saturated rings. The molecule has 0 saturated carbocycles. The molecule has 1 aliphatic carbocycles. The van der Waals surface area contributed by atoms with Crippen LogP contribution in [0.4, 0.5) is 0 Å². The Morgan fingerprint density at radius 1 is 1.12 bits per heavy atom. The predicted octanol–water partition coefficient (Wildman–Crippen LogP) is 2.13. The number of hydrogen-bond donors (Lipinski definition) is 0. The molecule has 8 heteroatoms. The van der Waals surface area contributed by atoms with Crippen LogP contribution in [0, 0.1) is 0 Å². The third kappa shape index (κ3) is 3.44. The van der Waals surface area contributed by atoms with Crippen LogP contribution in [0.1, 0.15) is 46.8 Å². The monoisotopic (exact) mass is 386 g/mol. The summed E-state index contributed by atoms with van der Waals surface area (Å²) in [6.07, 6.45) is 4.29. The van der Waals surface area contributed by atoms with Crippen molar-refractivity contribution in [1.82, 2.24) is 9.21 Å². The third-order valence-corrected chi connectivity index (χ3v) is 8.54. The normalized spacial score (nSPS) is 19.1. The second-order valence-corrected chi connectivity index (χ2v) is 10.5. The summed E-state index contributed by atoms with van der Waals surface area (Å²) in [5, 5.41) is -0.432. The van der Waals surface area contributed by atoms with Crippen molar-refractivity contribution in [1.29, 1.82) is 0 Å². The first-order valence-electron chi connectivity index (χ1n) is 8.83. The number of carbonyl (C=O) groups is 1. The number of piperazine rings is 1. The first-order valence-corrected chi connectivity index (χ1v) is 11.1. The molecule has 1 amide bonds. The first-order chi connectivity index (χ1) is 11.9. The van der Waals surface area contributed by atoms with Crippen LogP contribution in [0.2, 0.25) is 0 Å². The van der Waals surface area contributed by atoms with E-state index in [2.05, 4.69) is 0 Å². The van der Waals surface area contributed by atoms with E-state index >= 15 is 0 Å². The molecule has 2 heterocycles. The van der Waals surface area contributed by atoms with Crippen molar-refractivity contribution in [3.63, 3.8) is 0 Å². The van der Waals surface area contributed by atoms with E-state index < -0.39 is 15.3 Å². The van der Waals surface area contributed by atoms with Crippen LogP contribution in [-0.4, -0.2) is 62.1 Å². The van der Waals surface area contributed by atoms with Gasteiger partial charge < -0.3 is 9.64 Å². The van der Waals surface area contributed by atoms with E-state index in [1.807, 2.05) is 0 Å². The zero-order valence-electron chi connectivity index (χ0n) is 15.1. The van der Waals surface area contributed by atoms with Gasteiger partial charge in [0, 0.05) is 36.6 Å². The average molecular weight is 387 g/mol. The fraction of sp³-hybridized carbons (Fsp3) is 0.706. The third-order valence-electron chi connectivity index (χ3n) is 5.00. The summed E-state index contributed by atoms with van der Waals surface area (Å²) in [7, 11) is -1.63. The van der Waals surface area contributed by atoms with E-state index in [9.17, 15) is 13.2 Å². The van der Waals surface area contributed by atoms with E-state index in [1.54, 1.807) is 37.2 Å². The number of aryl methyl sites for hydroxylation is 1. The number of ether oxygens (including phenoxy) is 1. The molecule has 1 aliphatic heterocycles. The summed E-state index contributed by atoms with van der Waals surface area (Å²) in [5.74, 6) is 0.708. The van der Waals surface area contributed by atoms with Crippen molar-refractivity contribution in [2.24, 2.45) is 0 Å². The number of nitrogens with zero attached hydrogens (tertiary/aromatic N) is 2. The predicted molar refractivity (Wildman–Crippen MR) is 99.0 cm³/mol. The minimum atomic E-state index is -3.26. The molecule has 2 aliphatic rings. The van der Waals surface area contributed by atoms with Gasteiger partial charge in [-0.2, -0.15) is 4.31 Å². The van der Waals surface area contributed by atoms with Gasteiger partial charge in [0.1, 0.15) is 10.6 Å². The largest absolute Gasteiger partial charge is 0.495 e. The SMILES string of the molecule is COc1c(C(=O)N2CCN(S(=O)(=O)C(C)C)CC2)sc2c1CCCC2. The Labute approximate surface area is 153 Å². The number of methoxy groups -OCH3 is 1. The number of amides is 1. The molecule has 0 radical (unpaired) electrons. The first kappa shape index (κ1) is 18.7. The van der Waals surface area contributed by atoms with Crippen molar-refractivity contribution in [3.05, 3.63) is 15.3 Å². The lowest BCUT2D eigenvalue weighted by molar-refractivity contribution is 0.0699. The summed E-state index contributed by atoms with van der Waals surface area (Å²) in [4.78, 5) is 16.7. The summed E-state index contributed by atoms with van der Waals surface area (Å²) in [6, 6.07) is 0. The lowest BCUT2D eigenvalue weighted by atomic mass is 9.98.